The number of aliphatic hydroxyl groups is 2. The third-order valence-electron chi connectivity index (χ3n) is 5.36. The summed E-state index contributed by atoms with van der Waals surface area (Å²) in [5.41, 5.74) is 0. The molecule has 156 valence electrons. The molecule has 0 radical (unpaired) electrons. The van der Waals surface area contributed by atoms with Crippen LogP contribution in [0.3, 0.4) is 0 Å². The fraction of sp³-hybridized carbons (Fsp3) is 0.591. The van der Waals surface area contributed by atoms with Gasteiger partial charge in [0.05, 0.1) is 24.6 Å². The molecule has 28 heavy (non-hydrogen) atoms. The summed E-state index contributed by atoms with van der Waals surface area (Å²) in [7, 11) is 1.66. The van der Waals surface area contributed by atoms with E-state index in [4.69, 9.17) is 14.3 Å². The zero-order valence-corrected chi connectivity index (χ0v) is 16.4. The second-order valence-corrected chi connectivity index (χ2v) is 7.38. The molecule has 2 rings (SSSR count). The number of allylic oxidation sites excluding steroid dienone is 2. The fourth-order valence-corrected chi connectivity index (χ4v) is 3.73. The summed E-state index contributed by atoms with van der Waals surface area (Å²) >= 11 is 0. The Morgan fingerprint density at radius 1 is 1.36 bits per heavy atom. The van der Waals surface area contributed by atoms with Gasteiger partial charge < -0.3 is 24.5 Å². The van der Waals surface area contributed by atoms with E-state index in [9.17, 15) is 15.0 Å². The Kier molecular flexibility index (Phi) is 9.47. The molecule has 3 N–H and O–H groups in total. The van der Waals surface area contributed by atoms with Gasteiger partial charge in [-0.1, -0.05) is 24.3 Å². The molecule has 1 fully saturated rings. The Morgan fingerprint density at radius 2 is 2.18 bits per heavy atom. The van der Waals surface area contributed by atoms with Crippen molar-refractivity contribution in [2.24, 2.45) is 11.8 Å². The molecule has 1 aromatic rings. The zero-order chi connectivity index (χ0) is 20.4. The second-order valence-electron chi connectivity index (χ2n) is 7.38. The van der Waals surface area contributed by atoms with Crippen LogP contribution in [0.1, 0.15) is 44.3 Å². The van der Waals surface area contributed by atoms with Crippen molar-refractivity contribution in [2.45, 2.75) is 63.3 Å². The number of aryl methyl sites for hydroxylation is 1. The number of aliphatic hydroxyl groups excluding tert-OH is 2. The molecule has 0 amide bonds. The van der Waals surface area contributed by atoms with E-state index in [1.54, 1.807) is 13.4 Å². The third-order valence-corrected chi connectivity index (χ3v) is 5.36. The van der Waals surface area contributed by atoms with Gasteiger partial charge in [-0.05, 0) is 43.7 Å². The smallest absolute Gasteiger partial charge is 0.303 e. The highest BCUT2D eigenvalue weighted by atomic mass is 16.5. The van der Waals surface area contributed by atoms with Crippen molar-refractivity contribution in [3.05, 3.63) is 48.5 Å². The van der Waals surface area contributed by atoms with Crippen LogP contribution in [0.2, 0.25) is 0 Å². The SMILES string of the molecule is CO[C@@H](/C=C/[C@@H]1[C@@H](C/C=C\CCCC(=O)O)[C@@H](O)C[C@@H]1O)CCc1ccco1. The maximum Gasteiger partial charge on any atom is 0.303 e. The van der Waals surface area contributed by atoms with E-state index in [2.05, 4.69) is 0 Å². The lowest BCUT2D eigenvalue weighted by Gasteiger charge is -2.20. The number of furan rings is 1. The zero-order valence-electron chi connectivity index (χ0n) is 16.4. The molecule has 1 aliphatic carbocycles. The number of unbranched alkanes of at least 4 members (excludes halogenated alkanes) is 1. The Bertz CT molecular complexity index is 621. The number of carbonyl (C=O) groups is 1. The van der Waals surface area contributed by atoms with Crippen molar-refractivity contribution in [3.8, 4) is 0 Å². The van der Waals surface area contributed by atoms with Crippen molar-refractivity contribution in [1.29, 1.82) is 0 Å². The molecule has 1 saturated carbocycles. The molecule has 5 atom stereocenters. The van der Waals surface area contributed by atoms with Crippen LogP contribution in [0, 0.1) is 11.8 Å². The molecule has 1 aliphatic rings. The van der Waals surface area contributed by atoms with Crippen LogP contribution in [-0.2, 0) is 16.0 Å². The average Bonchev–Trinajstić information content (AvgIpc) is 3.26. The van der Waals surface area contributed by atoms with Crippen LogP contribution in [-0.4, -0.2) is 46.7 Å². The highest BCUT2D eigenvalue weighted by Crippen LogP contribution is 2.36. The fourth-order valence-electron chi connectivity index (χ4n) is 3.73. The predicted molar refractivity (Wildman–Crippen MR) is 106 cm³/mol. The van der Waals surface area contributed by atoms with Crippen LogP contribution < -0.4 is 0 Å². The van der Waals surface area contributed by atoms with Crippen molar-refractivity contribution in [1.82, 2.24) is 0 Å². The van der Waals surface area contributed by atoms with Gasteiger partial charge in [0.25, 0.3) is 0 Å². The minimum absolute atomic E-state index is 0.0513. The number of aliphatic carboxylic acids is 1. The standard InChI is InChI=1S/C22H32O6/c1-27-16(10-11-17-7-6-14-28-17)12-13-19-18(20(23)15-21(19)24)8-4-2-3-5-9-22(25)26/h2,4,6-7,12-14,16,18-21,23-24H,3,5,8-11,15H2,1H3,(H,25,26)/b4-2-,13-12+/t16-,18-,19-,20+,21+/m1/s1. The lowest BCUT2D eigenvalue weighted by Crippen LogP contribution is -2.20. The third kappa shape index (κ3) is 7.26. The molecular weight excluding hydrogens is 360 g/mol. The Hall–Kier alpha value is -1.89. The van der Waals surface area contributed by atoms with Crippen LogP contribution in [0.5, 0.6) is 0 Å². The maximum atomic E-state index is 10.5. The van der Waals surface area contributed by atoms with Crippen molar-refractivity contribution in [2.75, 3.05) is 7.11 Å². The van der Waals surface area contributed by atoms with E-state index in [0.717, 1.165) is 18.6 Å². The summed E-state index contributed by atoms with van der Waals surface area (Å²) in [6, 6.07) is 3.80. The Labute approximate surface area is 166 Å². The summed E-state index contributed by atoms with van der Waals surface area (Å²) in [6.45, 7) is 0. The van der Waals surface area contributed by atoms with Crippen LogP contribution in [0.4, 0.5) is 0 Å². The number of ether oxygens (including phenoxy) is 1. The normalized spacial score (nSPS) is 26.4. The molecule has 0 aliphatic heterocycles. The lowest BCUT2D eigenvalue weighted by molar-refractivity contribution is -0.137. The van der Waals surface area contributed by atoms with E-state index in [1.807, 2.05) is 36.4 Å². The average molecular weight is 392 g/mol. The summed E-state index contributed by atoms with van der Waals surface area (Å²) in [5.74, 6) is -0.0464. The summed E-state index contributed by atoms with van der Waals surface area (Å²) in [5, 5.41) is 29.3. The molecule has 0 spiro atoms. The molecule has 0 bridgehead atoms. The Balaban J connectivity index is 1.85. The predicted octanol–water partition coefficient (Wildman–Crippen LogP) is 3.34. The molecule has 0 aromatic carbocycles. The van der Waals surface area contributed by atoms with Gasteiger partial charge >= 0.3 is 5.97 Å². The Morgan fingerprint density at radius 3 is 2.86 bits per heavy atom. The largest absolute Gasteiger partial charge is 0.481 e. The van der Waals surface area contributed by atoms with Gasteiger partial charge in [-0.3, -0.25) is 4.79 Å². The molecule has 6 nitrogen and oxygen atoms in total. The first-order valence-electron chi connectivity index (χ1n) is 9.97. The summed E-state index contributed by atoms with van der Waals surface area (Å²) < 4.78 is 10.9. The number of carboxylic acid groups (broad SMARTS) is 1. The van der Waals surface area contributed by atoms with Crippen LogP contribution >= 0.6 is 0 Å². The van der Waals surface area contributed by atoms with Gasteiger partial charge in [-0.2, -0.15) is 0 Å². The second kappa shape index (κ2) is 11.8. The number of methoxy groups -OCH3 is 1. The van der Waals surface area contributed by atoms with Gasteiger partial charge in [0.2, 0.25) is 0 Å². The topological polar surface area (TPSA) is 100 Å². The monoisotopic (exact) mass is 392 g/mol. The highest BCUT2D eigenvalue weighted by molar-refractivity contribution is 5.66. The molecule has 6 heteroatoms. The van der Waals surface area contributed by atoms with E-state index in [1.165, 1.54) is 0 Å². The van der Waals surface area contributed by atoms with E-state index < -0.39 is 18.2 Å². The quantitative estimate of drug-likeness (QED) is 0.373. The van der Waals surface area contributed by atoms with Crippen molar-refractivity contribution >= 4 is 5.97 Å². The van der Waals surface area contributed by atoms with Gasteiger partial charge in [0.1, 0.15) is 5.76 Å². The number of hydrogen-bond acceptors (Lipinski definition) is 5. The van der Waals surface area contributed by atoms with Crippen LogP contribution in [0.15, 0.2) is 47.1 Å². The van der Waals surface area contributed by atoms with Crippen molar-refractivity contribution < 1.29 is 29.3 Å². The molecule has 1 aromatic heterocycles. The summed E-state index contributed by atoms with van der Waals surface area (Å²) in [6.07, 6.45) is 12.4. The van der Waals surface area contributed by atoms with E-state index >= 15 is 0 Å². The lowest BCUT2D eigenvalue weighted by atomic mass is 9.89. The van der Waals surface area contributed by atoms with Gasteiger partial charge in [-0.25, -0.2) is 0 Å². The van der Waals surface area contributed by atoms with Gasteiger partial charge in [0.15, 0.2) is 0 Å². The van der Waals surface area contributed by atoms with E-state index in [-0.39, 0.29) is 24.4 Å². The molecular formula is C22H32O6. The molecule has 1 heterocycles. The number of rotatable bonds is 12. The molecule has 0 unspecified atom stereocenters. The minimum Gasteiger partial charge on any atom is -0.481 e. The van der Waals surface area contributed by atoms with Crippen molar-refractivity contribution in [3.63, 3.8) is 0 Å². The van der Waals surface area contributed by atoms with Crippen LogP contribution in [0.25, 0.3) is 0 Å². The number of hydrogen-bond donors (Lipinski definition) is 3. The van der Waals surface area contributed by atoms with Gasteiger partial charge in [-0.15, -0.1) is 0 Å². The van der Waals surface area contributed by atoms with E-state index in [0.29, 0.717) is 25.7 Å². The first-order chi connectivity index (χ1) is 13.5. The minimum atomic E-state index is -0.785. The number of carboxylic acids is 1. The molecule has 0 saturated heterocycles. The first kappa shape index (κ1) is 22.4. The highest BCUT2D eigenvalue weighted by Gasteiger charge is 2.39. The first-order valence-corrected chi connectivity index (χ1v) is 9.97. The maximum absolute atomic E-state index is 10.5. The van der Waals surface area contributed by atoms with Gasteiger partial charge in [0, 0.05) is 32.3 Å². The summed E-state index contributed by atoms with van der Waals surface area (Å²) in [4.78, 5) is 10.5.